The highest BCUT2D eigenvalue weighted by atomic mass is 16.5. The second kappa shape index (κ2) is 10.7. The van der Waals surface area contributed by atoms with Crippen LogP contribution < -0.4 is 5.32 Å². The maximum Gasteiger partial charge on any atom is 0.308 e. The maximum atomic E-state index is 11.7. The molecule has 0 radical (unpaired) electrons. The lowest BCUT2D eigenvalue weighted by Crippen LogP contribution is -2.51. The number of likely N-dealkylation sites (N-methyl/N-ethyl adjacent to an activating group) is 1. The molecule has 1 N–H and O–H groups in total. The van der Waals surface area contributed by atoms with Gasteiger partial charge in [0, 0.05) is 51.9 Å². The molecule has 7 nitrogen and oxygen atoms in total. The average molecular weight is 368 g/mol. The molecule has 0 amide bonds. The predicted molar refractivity (Wildman–Crippen MR) is 105 cm³/mol. The standard InChI is InChI=1S/C19H37N5O2/c1-5-20-19(24-9-7-17(8-10-24)18(25)26-4)21-15-16(3)23-13-11-22(6-2)12-14-23/h16-17H,5-15H2,1-4H3,(H,20,21). The van der Waals surface area contributed by atoms with E-state index in [2.05, 4.69) is 40.8 Å². The summed E-state index contributed by atoms with van der Waals surface area (Å²) in [6.45, 7) is 15.7. The fraction of sp³-hybridized carbons (Fsp3) is 0.895. The van der Waals surface area contributed by atoms with Crippen molar-refractivity contribution in [3.63, 3.8) is 0 Å². The van der Waals surface area contributed by atoms with E-state index < -0.39 is 0 Å². The molecule has 2 aliphatic rings. The number of ether oxygens (including phenoxy) is 1. The minimum absolute atomic E-state index is 0.0351. The van der Waals surface area contributed by atoms with Gasteiger partial charge in [0.2, 0.25) is 0 Å². The Balaban J connectivity index is 1.85. The van der Waals surface area contributed by atoms with E-state index in [1.807, 2.05) is 0 Å². The van der Waals surface area contributed by atoms with E-state index in [-0.39, 0.29) is 11.9 Å². The number of piperazine rings is 1. The van der Waals surface area contributed by atoms with Gasteiger partial charge in [0.1, 0.15) is 0 Å². The summed E-state index contributed by atoms with van der Waals surface area (Å²) in [7, 11) is 1.47. The molecular formula is C19H37N5O2. The number of hydrogen-bond donors (Lipinski definition) is 1. The van der Waals surface area contributed by atoms with E-state index in [4.69, 9.17) is 9.73 Å². The van der Waals surface area contributed by atoms with E-state index in [9.17, 15) is 4.79 Å². The van der Waals surface area contributed by atoms with Crippen LogP contribution >= 0.6 is 0 Å². The SMILES string of the molecule is CCNC(=NCC(C)N1CCN(CC)CC1)N1CCC(C(=O)OC)CC1. The molecule has 0 aliphatic carbocycles. The maximum absolute atomic E-state index is 11.7. The van der Waals surface area contributed by atoms with Crippen molar-refractivity contribution in [2.45, 2.75) is 39.7 Å². The Labute approximate surface area is 158 Å². The first-order valence-corrected chi connectivity index (χ1v) is 10.2. The predicted octanol–water partition coefficient (Wildman–Crippen LogP) is 0.863. The van der Waals surface area contributed by atoms with Crippen LogP contribution in [0.3, 0.4) is 0 Å². The molecule has 0 aromatic rings. The van der Waals surface area contributed by atoms with Crippen molar-refractivity contribution < 1.29 is 9.53 Å². The first kappa shape index (κ1) is 21.0. The van der Waals surface area contributed by atoms with E-state index >= 15 is 0 Å². The van der Waals surface area contributed by atoms with Gasteiger partial charge < -0.3 is 19.9 Å². The fourth-order valence-electron chi connectivity index (χ4n) is 3.77. The number of nitrogens with one attached hydrogen (secondary N) is 1. The summed E-state index contributed by atoms with van der Waals surface area (Å²) in [5.41, 5.74) is 0. The molecule has 2 heterocycles. The molecule has 150 valence electrons. The highest BCUT2D eigenvalue weighted by Gasteiger charge is 2.27. The number of rotatable bonds is 6. The highest BCUT2D eigenvalue weighted by Crippen LogP contribution is 2.18. The van der Waals surface area contributed by atoms with Gasteiger partial charge in [0.15, 0.2) is 5.96 Å². The number of hydrogen-bond acceptors (Lipinski definition) is 5. The Kier molecular flexibility index (Phi) is 8.65. The Morgan fingerprint density at radius 3 is 2.35 bits per heavy atom. The van der Waals surface area contributed by atoms with Gasteiger partial charge in [-0.1, -0.05) is 6.92 Å². The van der Waals surface area contributed by atoms with Crippen molar-refractivity contribution in [1.82, 2.24) is 20.0 Å². The van der Waals surface area contributed by atoms with Crippen LogP contribution in [0.2, 0.25) is 0 Å². The molecule has 0 spiro atoms. The zero-order valence-electron chi connectivity index (χ0n) is 17.0. The summed E-state index contributed by atoms with van der Waals surface area (Å²) in [6.07, 6.45) is 1.68. The number of aliphatic imine (C=N–C) groups is 1. The number of methoxy groups -OCH3 is 1. The Bertz CT molecular complexity index is 455. The van der Waals surface area contributed by atoms with Gasteiger partial charge in [0.25, 0.3) is 0 Å². The van der Waals surface area contributed by atoms with Crippen LogP contribution in [0.15, 0.2) is 4.99 Å². The summed E-state index contributed by atoms with van der Waals surface area (Å²) >= 11 is 0. The quantitative estimate of drug-likeness (QED) is 0.427. The molecule has 1 unspecified atom stereocenters. The Hall–Kier alpha value is -1.34. The smallest absolute Gasteiger partial charge is 0.308 e. The lowest BCUT2D eigenvalue weighted by Gasteiger charge is -2.37. The average Bonchev–Trinajstić information content (AvgIpc) is 2.70. The van der Waals surface area contributed by atoms with Gasteiger partial charge in [-0.05, 0) is 33.2 Å². The highest BCUT2D eigenvalue weighted by molar-refractivity contribution is 5.80. The monoisotopic (exact) mass is 367 g/mol. The lowest BCUT2D eigenvalue weighted by molar-refractivity contribution is -0.146. The molecule has 2 rings (SSSR count). The van der Waals surface area contributed by atoms with Crippen molar-refractivity contribution in [2.75, 3.05) is 66.0 Å². The zero-order valence-corrected chi connectivity index (χ0v) is 17.0. The van der Waals surface area contributed by atoms with Gasteiger partial charge in [-0.2, -0.15) is 0 Å². The number of nitrogens with zero attached hydrogens (tertiary/aromatic N) is 4. The summed E-state index contributed by atoms with van der Waals surface area (Å²) in [6, 6.07) is 0.454. The van der Waals surface area contributed by atoms with Gasteiger partial charge >= 0.3 is 5.97 Å². The first-order valence-electron chi connectivity index (χ1n) is 10.2. The van der Waals surface area contributed by atoms with Gasteiger partial charge in [-0.25, -0.2) is 0 Å². The Morgan fingerprint density at radius 2 is 1.81 bits per heavy atom. The number of esters is 1. The third-order valence-corrected chi connectivity index (χ3v) is 5.65. The third kappa shape index (κ3) is 5.84. The van der Waals surface area contributed by atoms with E-state index in [0.29, 0.717) is 6.04 Å². The number of piperidine rings is 1. The van der Waals surface area contributed by atoms with Crippen LogP contribution in [0.4, 0.5) is 0 Å². The zero-order chi connectivity index (χ0) is 18.9. The topological polar surface area (TPSA) is 60.4 Å². The number of guanidine groups is 1. The van der Waals surface area contributed by atoms with E-state index in [0.717, 1.165) is 77.7 Å². The Morgan fingerprint density at radius 1 is 1.15 bits per heavy atom. The van der Waals surface area contributed by atoms with Crippen molar-refractivity contribution >= 4 is 11.9 Å². The van der Waals surface area contributed by atoms with Gasteiger partial charge in [0.05, 0.1) is 19.6 Å². The van der Waals surface area contributed by atoms with Crippen LogP contribution in [0.1, 0.15) is 33.6 Å². The molecule has 26 heavy (non-hydrogen) atoms. The summed E-state index contributed by atoms with van der Waals surface area (Å²) in [4.78, 5) is 23.9. The minimum atomic E-state index is -0.0774. The van der Waals surface area contributed by atoms with Gasteiger partial charge in [-0.3, -0.25) is 14.7 Å². The van der Waals surface area contributed by atoms with Crippen LogP contribution in [-0.4, -0.2) is 98.7 Å². The van der Waals surface area contributed by atoms with Crippen molar-refractivity contribution in [1.29, 1.82) is 0 Å². The lowest BCUT2D eigenvalue weighted by atomic mass is 9.97. The summed E-state index contributed by atoms with van der Waals surface area (Å²) in [5.74, 6) is 0.939. The number of carbonyl (C=O) groups is 1. The van der Waals surface area contributed by atoms with Crippen LogP contribution in [0, 0.1) is 5.92 Å². The minimum Gasteiger partial charge on any atom is -0.469 e. The molecule has 7 heteroatoms. The number of carbonyl (C=O) groups excluding carboxylic acids is 1. The molecule has 0 aromatic carbocycles. The summed E-state index contributed by atoms with van der Waals surface area (Å²) < 4.78 is 4.88. The fourth-order valence-corrected chi connectivity index (χ4v) is 3.77. The van der Waals surface area contributed by atoms with E-state index in [1.165, 1.54) is 7.11 Å². The molecule has 0 aromatic heterocycles. The van der Waals surface area contributed by atoms with Crippen molar-refractivity contribution in [3.8, 4) is 0 Å². The van der Waals surface area contributed by atoms with Crippen molar-refractivity contribution in [2.24, 2.45) is 10.9 Å². The number of likely N-dealkylation sites (tertiary alicyclic amines) is 1. The molecule has 0 saturated carbocycles. The third-order valence-electron chi connectivity index (χ3n) is 5.65. The molecule has 2 fully saturated rings. The molecule has 0 bridgehead atoms. The van der Waals surface area contributed by atoms with Crippen molar-refractivity contribution in [3.05, 3.63) is 0 Å². The van der Waals surface area contributed by atoms with E-state index in [1.54, 1.807) is 0 Å². The largest absolute Gasteiger partial charge is 0.469 e. The molecule has 2 saturated heterocycles. The van der Waals surface area contributed by atoms with Crippen LogP contribution in [0.25, 0.3) is 0 Å². The first-order chi connectivity index (χ1) is 12.6. The normalized spacial score (nSPS) is 22.3. The molecular weight excluding hydrogens is 330 g/mol. The second-order valence-electron chi connectivity index (χ2n) is 7.30. The summed E-state index contributed by atoms with van der Waals surface area (Å²) in [5, 5.41) is 3.42. The van der Waals surface area contributed by atoms with Crippen LogP contribution in [-0.2, 0) is 9.53 Å². The van der Waals surface area contributed by atoms with Crippen LogP contribution in [0.5, 0.6) is 0 Å². The molecule has 2 aliphatic heterocycles. The molecule has 1 atom stereocenters. The van der Waals surface area contributed by atoms with Gasteiger partial charge in [-0.15, -0.1) is 0 Å². The second-order valence-corrected chi connectivity index (χ2v) is 7.30.